The van der Waals surface area contributed by atoms with Crippen molar-refractivity contribution in [3.63, 3.8) is 0 Å². The van der Waals surface area contributed by atoms with Gasteiger partial charge in [0.05, 0.1) is 5.56 Å². The molecule has 0 fully saturated rings. The fourth-order valence-electron chi connectivity index (χ4n) is 1.30. The first-order chi connectivity index (χ1) is 9.10. The highest BCUT2D eigenvalue weighted by atomic mass is 16.6. The molecule has 20 heavy (non-hydrogen) atoms. The SMILES string of the molecule is CC(C)(C)OC(=O)COC(=O)c1cc(O)c(O)c(O)c1. The Balaban J connectivity index is 2.66. The van der Waals surface area contributed by atoms with E-state index in [9.17, 15) is 19.8 Å². The van der Waals surface area contributed by atoms with Crippen molar-refractivity contribution >= 4 is 11.9 Å². The summed E-state index contributed by atoms with van der Waals surface area (Å²) in [5, 5.41) is 27.6. The summed E-state index contributed by atoms with van der Waals surface area (Å²) in [5.74, 6) is -3.75. The van der Waals surface area contributed by atoms with Crippen molar-refractivity contribution in [1.29, 1.82) is 0 Å². The summed E-state index contributed by atoms with van der Waals surface area (Å²) in [5.41, 5.74) is -0.903. The number of hydrogen-bond acceptors (Lipinski definition) is 7. The summed E-state index contributed by atoms with van der Waals surface area (Å²) in [7, 11) is 0. The summed E-state index contributed by atoms with van der Waals surface area (Å²) in [4.78, 5) is 22.9. The second kappa shape index (κ2) is 5.68. The molecule has 0 unspecified atom stereocenters. The summed E-state index contributed by atoms with van der Waals surface area (Å²) >= 11 is 0. The van der Waals surface area contributed by atoms with Gasteiger partial charge in [-0.3, -0.25) is 0 Å². The number of benzene rings is 1. The minimum Gasteiger partial charge on any atom is -0.504 e. The maximum absolute atomic E-state index is 11.6. The van der Waals surface area contributed by atoms with Crippen LogP contribution in [0.1, 0.15) is 31.1 Å². The van der Waals surface area contributed by atoms with Crippen LogP contribution in [0, 0.1) is 0 Å². The van der Waals surface area contributed by atoms with Crippen LogP contribution in [0.5, 0.6) is 17.2 Å². The van der Waals surface area contributed by atoms with Gasteiger partial charge in [-0.2, -0.15) is 0 Å². The topological polar surface area (TPSA) is 113 Å². The van der Waals surface area contributed by atoms with Crippen molar-refractivity contribution in [3.05, 3.63) is 17.7 Å². The highest BCUT2D eigenvalue weighted by Gasteiger charge is 2.19. The number of aromatic hydroxyl groups is 3. The molecular weight excluding hydrogens is 268 g/mol. The standard InChI is InChI=1S/C13H16O7/c1-13(2,3)20-10(16)6-19-12(18)7-4-8(14)11(17)9(15)5-7/h4-5,14-15,17H,6H2,1-3H3. The number of ether oxygens (including phenoxy) is 2. The Labute approximate surface area is 115 Å². The van der Waals surface area contributed by atoms with Gasteiger partial charge in [0.1, 0.15) is 5.60 Å². The van der Waals surface area contributed by atoms with E-state index < -0.39 is 41.4 Å². The maximum Gasteiger partial charge on any atom is 0.344 e. The van der Waals surface area contributed by atoms with E-state index in [1.54, 1.807) is 20.8 Å². The monoisotopic (exact) mass is 284 g/mol. The van der Waals surface area contributed by atoms with Crippen molar-refractivity contribution in [1.82, 2.24) is 0 Å². The van der Waals surface area contributed by atoms with Gasteiger partial charge in [-0.05, 0) is 32.9 Å². The Kier molecular flexibility index (Phi) is 4.44. The zero-order valence-corrected chi connectivity index (χ0v) is 11.3. The molecule has 0 aromatic heterocycles. The first-order valence-corrected chi connectivity index (χ1v) is 5.74. The Hall–Kier alpha value is -2.44. The Morgan fingerprint density at radius 3 is 2.05 bits per heavy atom. The van der Waals surface area contributed by atoms with Crippen molar-refractivity contribution in [2.24, 2.45) is 0 Å². The van der Waals surface area contributed by atoms with Crippen LogP contribution in [0.25, 0.3) is 0 Å². The lowest BCUT2D eigenvalue weighted by molar-refractivity contribution is -0.158. The van der Waals surface area contributed by atoms with Gasteiger partial charge >= 0.3 is 11.9 Å². The quantitative estimate of drug-likeness (QED) is 0.566. The van der Waals surface area contributed by atoms with Crippen molar-refractivity contribution < 1.29 is 34.4 Å². The number of carbonyl (C=O) groups excluding carboxylic acids is 2. The van der Waals surface area contributed by atoms with Gasteiger partial charge < -0.3 is 24.8 Å². The molecule has 0 spiro atoms. The average molecular weight is 284 g/mol. The molecule has 1 aromatic carbocycles. The molecule has 0 atom stereocenters. The minimum absolute atomic E-state index is 0.207. The second-order valence-electron chi connectivity index (χ2n) is 5.03. The minimum atomic E-state index is -0.943. The maximum atomic E-state index is 11.6. The molecule has 0 saturated heterocycles. The van der Waals surface area contributed by atoms with E-state index in [-0.39, 0.29) is 5.56 Å². The Bertz CT molecular complexity index is 505. The van der Waals surface area contributed by atoms with Gasteiger partial charge in [0, 0.05) is 0 Å². The molecule has 7 nitrogen and oxygen atoms in total. The summed E-state index contributed by atoms with van der Waals surface area (Å²) in [6, 6.07) is 1.82. The number of hydrogen-bond donors (Lipinski definition) is 3. The van der Waals surface area contributed by atoms with Crippen LogP contribution in [-0.4, -0.2) is 39.5 Å². The van der Waals surface area contributed by atoms with Crippen LogP contribution in [0.3, 0.4) is 0 Å². The average Bonchev–Trinajstić information content (AvgIpc) is 2.30. The van der Waals surface area contributed by atoms with Crippen LogP contribution in [0.15, 0.2) is 12.1 Å². The summed E-state index contributed by atoms with van der Waals surface area (Å²) < 4.78 is 9.60. The number of carbonyl (C=O) groups is 2. The van der Waals surface area contributed by atoms with E-state index in [0.29, 0.717) is 0 Å². The zero-order valence-electron chi connectivity index (χ0n) is 11.3. The van der Waals surface area contributed by atoms with Crippen molar-refractivity contribution in [3.8, 4) is 17.2 Å². The van der Waals surface area contributed by atoms with E-state index in [2.05, 4.69) is 4.74 Å². The van der Waals surface area contributed by atoms with Gasteiger partial charge in [-0.1, -0.05) is 0 Å². The first-order valence-electron chi connectivity index (χ1n) is 5.74. The largest absolute Gasteiger partial charge is 0.504 e. The lowest BCUT2D eigenvalue weighted by Crippen LogP contribution is -2.27. The molecule has 0 bridgehead atoms. The molecule has 0 amide bonds. The lowest BCUT2D eigenvalue weighted by atomic mass is 10.2. The highest BCUT2D eigenvalue weighted by Crippen LogP contribution is 2.35. The smallest absolute Gasteiger partial charge is 0.344 e. The molecule has 3 N–H and O–H groups in total. The van der Waals surface area contributed by atoms with Gasteiger partial charge in [-0.25, -0.2) is 9.59 Å². The summed E-state index contributed by atoms with van der Waals surface area (Å²) in [6.07, 6.45) is 0. The van der Waals surface area contributed by atoms with Gasteiger partial charge in [0.25, 0.3) is 0 Å². The normalized spacial score (nSPS) is 10.9. The molecule has 0 heterocycles. The van der Waals surface area contributed by atoms with E-state index in [4.69, 9.17) is 9.84 Å². The molecule has 1 rings (SSSR count). The van der Waals surface area contributed by atoms with Crippen molar-refractivity contribution in [2.75, 3.05) is 6.61 Å². The predicted molar refractivity (Wildman–Crippen MR) is 67.6 cm³/mol. The van der Waals surface area contributed by atoms with Gasteiger partial charge in [0.2, 0.25) is 0 Å². The molecule has 1 aromatic rings. The van der Waals surface area contributed by atoms with Crippen LogP contribution in [0.4, 0.5) is 0 Å². The molecule has 0 saturated carbocycles. The van der Waals surface area contributed by atoms with Crippen LogP contribution in [0.2, 0.25) is 0 Å². The molecule has 0 aliphatic rings. The van der Waals surface area contributed by atoms with Crippen molar-refractivity contribution in [2.45, 2.75) is 26.4 Å². The third-order valence-electron chi connectivity index (χ3n) is 2.05. The fraction of sp³-hybridized carbons (Fsp3) is 0.385. The highest BCUT2D eigenvalue weighted by molar-refractivity contribution is 5.92. The summed E-state index contributed by atoms with van der Waals surface area (Å²) in [6.45, 7) is 4.41. The number of rotatable bonds is 3. The van der Waals surface area contributed by atoms with E-state index in [1.807, 2.05) is 0 Å². The molecule has 110 valence electrons. The molecule has 0 aliphatic carbocycles. The van der Waals surface area contributed by atoms with E-state index >= 15 is 0 Å². The molecule has 0 aliphatic heterocycles. The lowest BCUT2D eigenvalue weighted by Gasteiger charge is -2.19. The van der Waals surface area contributed by atoms with Crippen LogP contribution in [-0.2, 0) is 14.3 Å². The molecular formula is C13H16O7. The van der Waals surface area contributed by atoms with Gasteiger partial charge in [-0.15, -0.1) is 0 Å². The number of phenolic OH excluding ortho intramolecular Hbond substituents is 3. The van der Waals surface area contributed by atoms with Gasteiger partial charge in [0.15, 0.2) is 23.9 Å². The van der Waals surface area contributed by atoms with Crippen LogP contribution >= 0.6 is 0 Å². The third kappa shape index (κ3) is 4.34. The number of esters is 2. The van der Waals surface area contributed by atoms with E-state index in [1.165, 1.54) is 0 Å². The first kappa shape index (κ1) is 15.6. The fourth-order valence-corrected chi connectivity index (χ4v) is 1.30. The molecule has 0 radical (unpaired) electrons. The number of phenols is 3. The second-order valence-corrected chi connectivity index (χ2v) is 5.03. The van der Waals surface area contributed by atoms with E-state index in [0.717, 1.165) is 12.1 Å². The zero-order chi connectivity index (χ0) is 15.5. The Morgan fingerprint density at radius 1 is 1.10 bits per heavy atom. The third-order valence-corrected chi connectivity index (χ3v) is 2.05. The Morgan fingerprint density at radius 2 is 1.60 bits per heavy atom. The van der Waals surface area contributed by atoms with Crippen LogP contribution < -0.4 is 0 Å². The molecule has 7 heteroatoms. The predicted octanol–water partition coefficient (Wildman–Crippen LogP) is 1.30.